The minimum absolute atomic E-state index is 0.0511. The summed E-state index contributed by atoms with van der Waals surface area (Å²) in [5.41, 5.74) is 2.02. The second-order valence-corrected chi connectivity index (χ2v) is 8.89. The Labute approximate surface area is 188 Å². The number of nitrogens with zero attached hydrogens (tertiary/aromatic N) is 1. The number of fused-ring (bicyclic) bond motifs is 5. The van der Waals surface area contributed by atoms with Crippen molar-refractivity contribution in [1.82, 2.24) is 0 Å². The lowest BCUT2D eigenvalue weighted by atomic mass is 9.76. The maximum Gasteiger partial charge on any atom is 0.449 e. The van der Waals surface area contributed by atoms with E-state index in [2.05, 4.69) is 15.9 Å². The number of alkyl halides is 3. The Kier molecular flexibility index (Phi) is 4.03. The second-order valence-electron chi connectivity index (χ2n) is 8.04. The van der Waals surface area contributed by atoms with Crippen LogP contribution in [0.3, 0.4) is 0 Å². The molecule has 0 saturated carbocycles. The largest absolute Gasteiger partial charge is 0.493 e. The van der Waals surface area contributed by atoms with Gasteiger partial charge in [-0.15, -0.1) is 0 Å². The number of amides is 1. The Bertz CT molecular complexity index is 1280. The average Bonchev–Trinajstić information content (AvgIpc) is 3.51. The lowest BCUT2D eigenvalue weighted by Gasteiger charge is -2.23. The molecular weight excluding hydrogens is 491 g/mol. The summed E-state index contributed by atoms with van der Waals surface area (Å²) in [5, 5.41) is 0. The maximum atomic E-state index is 13.9. The summed E-state index contributed by atoms with van der Waals surface area (Å²) in [6, 6.07) is 11.3. The summed E-state index contributed by atoms with van der Waals surface area (Å²) < 4.78 is 56.3. The third kappa shape index (κ3) is 2.60. The van der Waals surface area contributed by atoms with Crippen LogP contribution in [0.15, 0.2) is 51.4 Å². The lowest BCUT2D eigenvalue weighted by molar-refractivity contribution is -0.153. The van der Waals surface area contributed by atoms with E-state index in [0.29, 0.717) is 18.0 Å². The predicted octanol–water partition coefficient (Wildman–Crippen LogP) is 5.22. The van der Waals surface area contributed by atoms with Crippen molar-refractivity contribution < 1.29 is 31.9 Å². The molecule has 1 unspecified atom stereocenters. The first kappa shape index (κ1) is 19.7. The monoisotopic (exact) mass is 505 g/mol. The van der Waals surface area contributed by atoms with Gasteiger partial charge >= 0.3 is 6.18 Å². The van der Waals surface area contributed by atoms with Crippen LogP contribution in [0.2, 0.25) is 0 Å². The van der Waals surface area contributed by atoms with Crippen molar-refractivity contribution in [2.75, 3.05) is 18.1 Å². The number of hydrogen-bond donors (Lipinski definition) is 0. The highest BCUT2D eigenvalue weighted by Gasteiger charge is 2.58. The van der Waals surface area contributed by atoms with Gasteiger partial charge in [-0.25, -0.2) is 0 Å². The molecule has 1 spiro atoms. The molecule has 1 atom stereocenters. The molecule has 164 valence electrons. The van der Waals surface area contributed by atoms with Gasteiger partial charge < -0.3 is 18.8 Å². The average molecular weight is 506 g/mol. The Morgan fingerprint density at radius 3 is 2.72 bits per heavy atom. The van der Waals surface area contributed by atoms with Gasteiger partial charge in [0.2, 0.25) is 11.7 Å². The number of carbonyl (C=O) groups is 1. The molecule has 3 aliphatic heterocycles. The molecule has 3 aromatic rings. The highest BCUT2D eigenvalue weighted by Crippen LogP contribution is 2.56. The van der Waals surface area contributed by atoms with Crippen LogP contribution in [0.1, 0.15) is 28.2 Å². The maximum absolute atomic E-state index is 13.9. The molecule has 6 rings (SSSR count). The molecule has 0 fully saturated rings. The first-order chi connectivity index (χ1) is 15.3. The van der Waals surface area contributed by atoms with E-state index >= 15 is 0 Å². The summed E-state index contributed by atoms with van der Waals surface area (Å²) in [4.78, 5) is 15.4. The number of halogens is 4. The fourth-order valence-corrected chi connectivity index (χ4v) is 5.54. The summed E-state index contributed by atoms with van der Waals surface area (Å²) in [5.74, 6) is 0.0381. The molecule has 2 aromatic carbocycles. The fraction of sp³-hybridized carbons (Fsp3) is 0.261. The van der Waals surface area contributed by atoms with Gasteiger partial charge in [0.05, 0.1) is 18.8 Å². The van der Waals surface area contributed by atoms with E-state index in [0.717, 1.165) is 39.4 Å². The number of rotatable bonds is 2. The van der Waals surface area contributed by atoms with E-state index in [9.17, 15) is 18.0 Å². The normalized spacial score (nSPS) is 20.9. The Balaban J connectivity index is 1.48. The molecule has 9 heteroatoms. The molecular formula is C23H15BrF3NO4. The SMILES string of the molecule is O=C1N(Cc2ccc(C(F)(F)F)o2)c2cccc(Br)c2C12COc1cc3c(cc12)CCO3. The molecule has 1 aromatic heterocycles. The zero-order valence-corrected chi connectivity index (χ0v) is 18.0. The first-order valence-corrected chi connectivity index (χ1v) is 10.8. The number of benzene rings is 2. The Morgan fingerprint density at radius 1 is 1.09 bits per heavy atom. The van der Waals surface area contributed by atoms with Gasteiger partial charge in [-0.2, -0.15) is 13.2 Å². The van der Waals surface area contributed by atoms with E-state index in [1.807, 2.05) is 18.2 Å². The topological polar surface area (TPSA) is 51.9 Å². The van der Waals surface area contributed by atoms with Crippen molar-refractivity contribution in [2.24, 2.45) is 0 Å². The van der Waals surface area contributed by atoms with Gasteiger partial charge in [0, 0.05) is 28.1 Å². The quantitative estimate of drug-likeness (QED) is 0.479. The molecule has 0 radical (unpaired) electrons. The third-order valence-corrected chi connectivity index (χ3v) is 6.93. The van der Waals surface area contributed by atoms with E-state index in [-0.39, 0.29) is 24.8 Å². The summed E-state index contributed by atoms with van der Waals surface area (Å²) in [7, 11) is 0. The molecule has 5 nitrogen and oxygen atoms in total. The van der Waals surface area contributed by atoms with E-state index in [4.69, 9.17) is 13.9 Å². The molecule has 1 amide bonds. The van der Waals surface area contributed by atoms with Crippen LogP contribution in [0.25, 0.3) is 0 Å². The molecule has 0 bridgehead atoms. The van der Waals surface area contributed by atoms with Crippen molar-refractivity contribution in [3.8, 4) is 11.5 Å². The van der Waals surface area contributed by atoms with Crippen molar-refractivity contribution in [3.63, 3.8) is 0 Å². The fourth-order valence-electron chi connectivity index (χ4n) is 4.84. The molecule has 0 saturated heterocycles. The Morgan fingerprint density at radius 2 is 1.94 bits per heavy atom. The van der Waals surface area contributed by atoms with Crippen LogP contribution >= 0.6 is 15.9 Å². The van der Waals surface area contributed by atoms with Crippen molar-refractivity contribution in [2.45, 2.75) is 24.6 Å². The van der Waals surface area contributed by atoms with Crippen molar-refractivity contribution in [1.29, 1.82) is 0 Å². The minimum Gasteiger partial charge on any atom is -0.493 e. The number of anilines is 1. The highest BCUT2D eigenvalue weighted by atomic mass is 79.9. The van der Waals surface area contributed by atoms with Gasteiger partial charge in [-0.1, -0.05) is 22.0 Å². The summed E-state index contributed by atoms with van der Waals surface area (Å²) in [6.07, 6.45) is -3.85. The van der Waals surface area contributed by atoms with Gasteiger partial charge in [-0.05, 0) is 35.9 Å². The molecule has 0 N–H and O–H groups in total. The molecule has 4 heterocycles. The number of ether oxygens (including phenoxy) is 2. The Hall–Kier alpha value is -2.94. The van der Waals surface area contributed by atoms with Crippen molar-refractivity contribution >= 4 is 27.5 Å². The third-order valence-electron chi connectivity index (χ3n) is 6.27. The zero-order chi connectivity index (χ0) is 22.3. The number of hydrogen-bond acceptors (Lipinski definition) is 4. The molecule has 32 heavy (non-hydrogen) atoms. The molecule has 3 aliphatic rings. The first-order valence-electron chi connectivity index (χ1n) is 9.99. The van der Waals surface area contributed by atoms with Gasteiger partial charge in [0.1, 0.15) is 29.3 Å². The van der Waals surface area contributed by atoms with Gasteiger partial charge in [0.25, 0.3) is 0 Å². The second kappa shape index (κ2) is 6.54. The lowest BCUT2D eigenvalue weighted by Crippen LogP contribution is -2.42. The summed E-state index contributed by atoms with van der Waals surface area (Å²) >= 11 is 3.59. The van der Waals surface area contributed by atoms with Crippen LogP contribution < -0.4 is 14.4 Å². The molecule has 0 aliphatic carbocycles. The van der Waals surface area contributed by atoms with Crippen LogP contribution in [0.4, 0.5) is 18.9 Å². The highest BCUT2D eigenvalue weighted by molar-refractivity contribution is 9.10. The van der Waals surface area contributed by atoms with E-state index in [1.54, 1.807) is 12.1 Å². The smallest absolute Gasteiger partial charge is 0.449 e. The van der Waals surface area contributed by atoms with E-state index in [1.165, 1.54) is 11.0 Å². The van der Waals surface area contributed by atoms with Crippen LogP contribution in [-0.4, -0.2) is 19.1 Å². The summed E-state index contributed by atoms with van der Waals surface area (Å²) in [6.45, 7) is 0.553. The standard InChI is InChI=1S/C23H15BrF3NO4/c24-15-2-1-3-16-20(15)22(11-31-18-9-17-12(6-7-30-17)8-14(18)22)21(29)28(16)10-13-4-5-19(32-13)23(25,26)27/h1-5,8-9H,6-7,10-11H2. The number of carbonyl (C=O) groups excluding carboxylic acids is 1. The minimum atomic E-state index is -4.59. The van der Waals surface area contributed by atoms with Crippen LogP contribution in [-0.2, 0) is 29.4 Å². The van der Waals surface area contributed by atoms with Gasteiger partial charge in [0.15, 0.2) is 0 Å². The van der Waals surface area contributed by atoms with Crippen LogP contribution in [0.5, 0.6) is 11.5 Å². The van der Waals surface area contributed by atoms with Gasteiger partial charge in [-0.3, -0.25) is 4.79 Å². The predicted molar refractivity (Wildman–Crippen MR) is 111 cm³/mol. The zero-order valence-electron chi connectivity index (χ0n) is 16.5. The van der Waals surface area contributed by atoms with Crippen molar-refractivity contribution in [3.05, 3.63) is 75.1 Å². The van der Waals surface area contributed by atoms with E-state index < -0.39 is 17.4 Å². The number of furan rings is 1. The van der Waals surface area contributed by atoms with Crippen LogP contribution in [0, 0.1) is 0 Å².